The number of methoxy groups -OCH3 is 1. The molecule has 2 aliphatic carbocycles. The van der Waals surface area contributed by atoms with Crippen LogP contribution in [0.4, 0.5) is 0 Å². The molecule has 5 heteroatoms. The summed E-state index contributed by atoms with van der Waals surface area (Å²) in [5.41, 5.74) is 3.28. The smallest absolute Gasteiger partial charge is 0.254 e. The van der Waals surface area contributed by atoms with Crippen LogP contribution in [0.2, 0.25) is 0 Å². The van der Waals surface area contributed by atoms with Crippen LogP contribution in [0.1, 0.15) is 53.6 Å². The lowest BCUT2D eigenvalue weighted by Crippen LogP contribution is -2.53. The summed E-state index contributed by atoms with van der Waals surface area (Å²) >= 11 is 0. The number of nitrogens with zero attached hydrogens (tertiary/aromatic N) is 1. The van der Waals surface area contributed by atoms with E-state index >= 15 is 0 Å². The molecule has 3 atom stereocenters. The van der Waals surface area contributed by atoms with Crippen molar-refractivity contribution in [2.24, 2.45) is 0 Å². The molecule has 0 aromatic heterocycles. The highest BCUT2D eigenvalue weighted by Crippen LogP contribution is 2.43. The molecule has 5 nitrogen and oxygen atoms in total. The van der Waals surface area contributed by atoms with Gasteiger partial charge in [-0.05, 0) is 68.2 Å². The quantitative estimate of drug-likeness (QED) is 0.877. The number of rotatable bonds is 5. The van der Waals surface area contributed by atoms with E-state index in [4.69, 9.17) is 14.6 Å². The summed E-state index contributed by atoms with van der Waals surface area (Å²) in [5.74, 6) is 0.117. The predicted molar refractivity (Wildman–Crippen MR) is 98.3 cm³/mol. The number of fused-ring (bicyclic) bond motifs is 2. The lowest BCUT2D eigenvalue weighted by atomic mass is 9.79. The molecule has 1 aliphatic heterocycles. The number of carbonyl (C=O) groups excluding carboxylic acids is 1. The van der Waals surface area contributed by atoms with E-state index in [1.54, 1.807) is 7.11 Å². The number of benzene rings is 1. The van der Waals surface area contributed by atoms with Gasteiger partial charge < -0.3 is 19.5 Å². The largest absolute Gasteiger partial charge is 0.394 e. The van der Waals surface area contributed by atoms with Gasteiger partial charge in [0.15, 0.2) is 0 Å². The second kappa shape index (κ2) is 7.29. The number of likely N-dealkylation sites (tertiary alicyclic amines) is 1. The maximum Gasteiger partial charge on any atom is 0.254 e. The average Bonchev–Trinajstić information content (AvgIpc) is 3.29. The first-order valence-electron chi connectivity index (χ1n) is 9.87. The molecule has 1 N–H and O–H groups in total. The van der Waals surface area contributed by atoms with Crippen LogP contribution in [0.15, 0.2) is 18.2 Å². The van der Waals surface area contributed by atoms with Crippen LogP contribution in [0, 0.1) is 0 Å². The van der Waals surface area contributed by atoms with Gasteiger partial charge in [0.1, 0.15) is 0 Å². The highest BCUT2D eigenvalue weighted by atomic mass is 16.5. The Labute approximate surface area is 155 Å². The molecule has 142 valence electrons. The monoisotopic (exact) mass is 359 g/mol. The van der Waals surface area contributed by atoms with Crippen LogP contribution >= 0.6 is 0 Å². The molecule has 26 heavy (non-hydrogen) atoms. The van der Waals surface area contributed by atoms with Crippen molar-refractivity contribution in [2.45, 2.75) is 62.7 Å². The van der Waals surface area contributed by atoms with Gasteiger partial charge in [0.2, 0.25) is 0 Å². The van der Waals surface area contributed by atoms with Gasteiger partial charge in [0, 0.05) is 19.2 Å². The number of aliphatic hydroxyl groups excluding tert-OH is 1. The molecular weight excluding hydrogens is 330 g/mol. The maximum atomic E-state index is 13.3. The van der Waals surface area contributed by atoms with E-state index in [1.807, 2.05) is 11.0 Å². The van der Waals surface area contributed by atoms with Gasteiger partial charge in [-0.15, -0.1) is 0 Å². The van der Waals surface area contributed by atoms with E-state index in [0.29, 0.717) is 6.61 Å². The average molecular weight is 359 g/mol. The Balaban J connectivity index is 1.54. The normalized spacial score (nSPS) is 30.3. The summed E-state index contributed by atoms with van der Waals surface area (Å²) in [5, 5.41) is 9.03. The second-order valence-corrected chi connectivity index (χ2v) is 7.86. The van der Waals surface area contributed by atoms with Crippen molar-refractivity contribution in [3.63, 3.8) is 0 Å². The molecule has 4 rings (SSSR count). The summed E-state index contributed by atoms with van der Waals surface area (Å²) in [7, 11) is 1.77. The molecule has 0 bridgehead atoms. The van der Waals surface area contributed by atoms with Crippen LogP contribution in [-0.2, 0) is 22.3 Å². The number of ether oxygens (including phenoxy) is 2. The number of hydrogen-bond acceptors (Lipinski definition) is 4. The van der Waals surface area contributed by atoms with Gasteiger partial charge in [0.25, 0.3) is 5.91 Å². The van der Waals surface area contributed by atoms with Crippen LogP contribution in [0.3, 0.4) is 0 Å². The Kier molecular flexibility index (Phi) is 5.04. The zero-order chi connectivity index (χ0) is 18.1. The van der Waals surface area contributed by atoms with Crippen molar-refractivity contribution in [3.8, 4) is 0 Å². The first-order chi connectivity index (χ1) is 12.7. The topological polar surface area (TPSA) is 59.0 Å². The third-order valence-corrected chi connectivity index (χ3v) is 6.59. The highest BCUT2D eigenvalue weighted by Gasteiger charge is 2.52. The van der Waals surface area contributed by atoms with Crippen LogP contribution in [0.25, 0.3) is 0 Å². The minimum Gasteiger partial charge on any atom is -0.394 e. The van der Waals surface area contributed by atoms with E-state index in [1.165, 1.54) is 17.5 Å². The lowest BCUT2D eigenvalue weighted by Gasteiger charge is -2.43. The van der Waals surface area contributed by atoms with Gasteiger partial charge in [-0.1, -0.05) is 6.07 Å². The molecule has 1 saturated heterocycles. The van der Waals surface area contributed by atoms with E-state index in [9.17, 15) is 4.79 Å². The predicted octanol–water partition coefficient (Wildman–Crippen LogP) is 2.34. The summed E-state index contributed by atoms with van der Waals surface area (Å²) in [6.45, 7) is 1.13. The van der Waals surface area contributed by atoms with Crippen molar-refractivity contribution in [2.75, 3.05) is 26.9 Å². The van der Waals surface area contributed by atoms with Gasteiger partial charge in [-0.2, -0.15) is 0 Å². The van der Waals surface area contributed by atoms with E-state index in [0.717, 1.165) is 50.6 Å². The first-order valence-corrected chi connectivity index (χ1v) is 9.87. The lowest BCUT2D eigenvalue weighted by molar-refractivity contribution is -0.0992. The third kappa shape index (κ3) is 3.06. The Morgan fingerprint density at radius 1 is 1.31 bits per heavy atom. The number of carbonyl (C=O) groups is 1. The molecule has 0 radical (unpaired) electrons. The van der Waals surface area contributed by atoms with Crippen molar-refractivity contribution < 1.29 is 19.4 Å². The summed E-state index contributed by atoms with van der Waals surface area (Å²) < 4.78 is 11.7. The number of hydrogen-bond donors (Lipinski definition) is 1. The summed E-state index contributed by atoms with van der Waals surface area (Å²) in [4.78, 5) is 15.3. The fourth-order valence-electron chi connectivity index (χ4n) is 5.15. The minimum atomic E-state index is -0.245. The van der Waals surface area contributed by atoms with Crippen molar-refractivity contribution in [1.29, 1.82) is 0 Å². The molecule has 2 fully saturated rings. The SMILES string of the molecule is CO[C@@]12CC[C@@H](OCCO)C[C@@H]1N(C(=O)c1ccc3c(c1)CCC3)CC2. The van der Waals surface area contributed by atoms with E-state index in [2.05, 4.69) is 12.1 Å². The maximum absolute atomic E-state index is 13.3. The fraction of sp³-hybridized carbons (Fsp3) is 0.667. The Hall–Kier alpha value is -1.43. The molecule has 0 spiro atoms. The zero-order valence-electron chi connectivity index (χ0n) is 15.6. The molecule has 1 aromatic carbocycles. The Morgan fingerprint density at radius 3 is 2.96 bits per heavy atom. The standard InChI is InChI=1S/C21H29NO4/c1-25-21-8-7-18(26-12-11-23)14-19(21)22(10-9-21)20(24)17-6-5-15-3-2-4-16(15)13-17/h5-6,13,18-19,23H,2-4,7-12,14H2,1H3/t18-,19+,21-/m1/s1. The number of amides is 1. The fourth-order valence-corrected chi connectivity index (χ4v) is 5.15. The van der Waals surface area contributed by atoms with Crippen LogP contribution in [0.5, 0.6) is 0 Å². The van der Waals surface area contributed by atoms with Crippen LogP contribution < -0.4 is 0 Å². The molecule has 3 aliphatic rings. The molecule has 1 saturated carbocycles. The van der Waals surface area contributed by atoms with Gasteiger partial charge >= 0.3 is 0 Å². The van der Waals surface area contributed by atoms with Gasteiger partial charge in [0.05, 0.1) is 31.0 Å². The van der Waals surface area contributed by atoms with E-state index < -0.39 is 0 Å². The Bertz CT molecular complexity index is 676. The number of aryl methyl sites for hydroxylation is 2. The number of aliphatic hydroxyl groups is 1. The Morgan fingerprint density at radius 2 is 2.15 bits per heavy atom. The second-order valence-electron chi connectivity index (χ2n) is 7.86. The van der Waals surface area contributed by atoms with Crippen molar-refractivity contribution >= 4 is 5.91 Å². The van der Waals surface area contributed by atoms with Crippen molar-refractivity contribution in [3.05, 3.63) is 34.9 Å². The summed E-state index contributed by atoms with van der Waals surface area (Å²) in [6, 6.07) is 6.26. The highest BCUT2D eigenvalue weighted by molar-refractivity contribution is 5.95. The molecule has 1 aromatic rings. The summed E-state index contributed by atoms with van der Waals surface area (Å²) in [6.07, 6.45) is 6.98. The molecule has 1 amide bonds. The third-order valence-electron chi connectivity index (χ3n) is 6.59. The molecule has 1 heterocycles. The van der Waals surface area contributed by atoms with E-state index in [-0.39, 0.29) is 30.3 Å². The van der Waals surface area contributed by atoms with Gasteiger partial charge in [-0.25, -0.2) is 0 Å². The minimum absolute atomic E-state index is 0.0361. The molecule has 0 unspecified atom stereocenters. The van der Waals surface area contributed by atoms with Crippen molar-refractivity contribution in [1.82, 2.24) is 4.90 Å². The van der Waals surface area contributed by atoms with Gasteiger partial charge in [-0.3, -0.25) is 4.79 Å². The zero-order valence-corrected chi connectivity index (χ0v) is 15.6. The van der Waals surface area contributed by atoms with Crippen LogP contribution in [-0.4, -0.2) is 60.5 Å². The molecular formula is C21H29NO4. The first kappa shape index (κ1) is 18.0.